The van der Waals surface area contributed by atoms with Crippen LogP contribution in [0.2, 0.25) is 0 Å². The number of amides is 2. The van der Waals surface area contributed by atoms with Gasteiger partial charge in [-0.2, -0.15) is 0 Å². The van der Waals surface area contributed by atoms with Crippen LogP contribution in [0.3, 0.4) is 0 Å². The molecule has 1 N–H and O–H groups in total. The average molecular weight is 253 g/mol. The van der Waals surface area contributed by atoms with E-state index < -0.39 is 0 Å². The lowest BCUT2D eigenvalue weighted by Gasteiger charge is -2.32. The number of hydrogen-bond acceptors (Lipinski definition) is 4. The van der Waals surface area contributed by atoms with Crippen molar-refractivity contribution in [3.8, 4) is 0 Å². The molecule has 2 heterocycles. The summed E-state index contributed by atoms with van der Waals surface area (Å²) < 4.78 is 0. The van der Waals surface area contributed by atoms with E-state index in [1.807, 2.05) is 0 Å². The smallest absolute Gasteiger partial charge is 0.246 e. The standard InChI is InChI=1S/C13H23N3O2/c1-15-7-5-10(6-8-15)9-14-11-3-4-12(17)16(2)13(11)18/h10-11,14H,3-9H2,1-2H3. The summed E-state index contributed by atoms with van der Waals surface area (Å²) in [5.41, 5.74) is 0. The topological polar surface area (TPSA) is 52.7 Å². The Morgan fingerprint density at radius 2 is 1.83 bits per heavy atom. The van der Waals surface area contributed by atoms with Crippen LogP contribution in [0.5, 0.6) is 0 Å². The highest BCUT2D eigenvalue weighted by atomic mass is 16.2. The molecule has 1 unspecified atom stereocenters. The van der Waals surface area contributed by atoms with Crippen molar-refractivity contribution >= 4 is 11.8 Å². The molecule has 0 saturated carbocycles. The third-order valence-corrected chi connectivity index (χ3v) is 4.14. The van der Waals surface area contributed by atoms with Gasteiger partial charge < -0.3 is 10.2 Å². The van der Waals surface area contributed by atoms with Crippen molar-refractivity contribution in [2.24, 2.45) is 5.92 Å². The van der Waals surface area contributed by atoms with E-state index in [4.69, 9.17) is 0 Å². The Labute approximate surface area is 108 Å². The Balaban J connectivity index is 1.76. The van der Waals surface area contributed by atoms with Crippen molar-refractivity contribution in [3.05, 3.63) is 0 Å². The molecule has 2 saturated heterocycles. The van der Waals surface area contributed by atoms with Gasteiger partial charge in [0.15, 0.2) is 0 Å². The highest BCUT2D eigenvalue weighted by Crippen LogP contribution is 2.17. The second-order valence-corrected chi connectivity index (χ2v) is 5.54. The molecular weight excluding hydrogens is 230 g/mol. The molecule has 5 heteroatoms. The third-order valence-electron chi connectivity index (χ3n) is 4.14. The molecule has 1 atom stereocenters. The summed E-state index contributed by atoms with van der Waals surface area (Å²) in [6, 6.07) is -0.160. The fraction of sp³-hybridized carbons (Fsp3) is 0.846. The van der Waals surface area contributed by atoms with Gasteiger partial charge in [-0.05, 0) is 51.9 Å². The van der Waals surface area contributed by atoms with E-state index in [-0.39, 0.29) is 17.9 Å². The molecule has 2 aliphatic heterocycles. The van der Waals surface area contributed by atoms with Gasteiger partial charge in [0.05, 0.1) is 6.04 Å². The van der Waals surface area contributed by atoms with Gasteiger partial charge >= 0.3 is 0 Å². The van der Waals surface area contributed by atoms with Gasteiger partial charge in [-0.15, -0.1) is 0 Å². The lowest BCUT2D eigenvalue weighted by Crippen LogP contribution is -2.52. The first kappa shape index (κ1) is 13.5. The summed E-state index contributed by atoms with van der Waals surface area (Å²) in [6.07, 6.45) is 3.51. The van der Waals surface area contributed by atoms with Gasteiger partial charge in [-0.25, -0.2) is 0 Å². The zero-order valence-corrected chi connectivity index (χ0v) is 11.3. The second kappa shape index (κ2) is 5.80. The molecule has 2 amide bonds. The first-order chi connectivity index (χ1) is 8.58. The number of nitrogens with one attached hydrogen (secondary N) is 1. The predicted octanol–water partition coefficient (Wildman–Crippen LogP) is 0.0652. The fourth-order valence-electron chi connectivity index (χ4n) is 2.68. The minimum absolute atomic E-state index is 0.0580. The zero-order valence-electron chi connectivity index (χ0n) is 11.3. The number of nitrogens with zero attached hydrogens (tertiary/aromatic N) is 2. The molecule has 0 aliphatic carbocycles. The molecule has 0 radical (unpaired) electrons. The third kappa shape index (κ3) is 3.09. The normalized spacial score (nSPS) is 27.9. The Bertz CT molecular complexity index is 324. The number of likely N-dealkylation sites (tertiary alicyclic amines) is 2. The van der Waals surface area contributed by atoms with Crippen molar-refractivity contribution in [1.82, 2.24) is 15.1 Å². The summed E-state index contributed by atoms with van der Waals surface area (Å²) in [5.74, 6) is 0.536. The monoisotopic (exact) mass is 253 g/mol. The van der Waals surface area contributed by atoms with Gasteiger partial charge in [-0.3, -0.25) is 14.5 Å². The van der Waals surface area contributed by atoms with Gasteiger partial charge in [-0.1, -0.05) is 0 Å². The number of piperidine rings is 2. The number of carbonyl (C=O) groups excluding carboxylic acids is 2. The van der Waals surface area contributed by atoms with Crippen LogP contribution in [0.25, 0.3) is 0 Å². The van der Waals surface area contributed by atoms with Crippen molar-refractivity contribution in [2.45, 2.75) is 31.7 Å². The van der Waals surface area contributed by atoms with E-state index in [2.05, 4.69) is 17.3 Å². The number of imide groups is 1. The van der Waals surface area contributed by atoms with E-state index in [0.717, 1.165) is 19.6 Å². The van der Waals surface area contributed by atoms with Crippen molar-refractivity contribution < 1.29 is 9.59 Å². The van der Waals surface area contributed by atoms with Gasteiger partial charge in [0.1, 0.15) is 0 Å². The number of hydrogen-bond donors (Lipinski definition) is 1. The van der Waals surface area contributed by atoms with Gasteiger partial charge in [0.2, 0.25) is 11.8 Å². The van der Waals surface area contributed by atoms with Crippen LogP contribution < -0.4 is 5.32 Å². The molecule has 0 aromatic heterocycles. The molecule has 2 rings (SSSR count). The molecular formula is C13H23N3O2. The Morgan fingerprint density at radius 3 is 2.50 bits per heavy atom. The lowest BCUT2D eigenvalue weighted by atomic mass is 9.96. The van der Waals surface area contributed by atoms with Crippen LogP contribution >= 0.6 is 0 Å². The van der Waals surface area contributed by atoms with Crippen LogP contribution in [0, 0.1) is 5.92 Å². The quantitative estimate of drug-likeness (QED) is 0.723. The Morgan fingerprint density at radius 1 is 1.17 bits per heavy atom. The van der Waals surface area contributed by atoms with Crippen molar-refractivity contribution in [2.75, 3.05) is 33.7 Å². The minimum atomic E-state index is -0.160. The SMILES string of the molecule is CN1CCC(CNC2CCC(=O)N(C)C2=O)CC1. The van der Waals surface area contributed by atoms with Crippen LogP contribution in [-0.4, -0.2) is 61.4 Å². The van der Waals surface area contributed by atoms with E-state index in [0.29, 0.717) is 18.8 Å². The van der Waals surface area contributed by atoms with Crippen molar-refractivity contribution in [1.29, 1.82) is 0 Å². The fourth-order valence-corrected chi connectivity index (χ4v) is 2.68. The van der Waals surface area contributed by atoms with Crippen molar-refractivity contribution in [3.63, 3.8) is 0 Å². The van der Waals surface area contributed by atoms with E-state index in [1.54, 1.807) is 7.05 Å². The lowest BCUT2D eigenvalue weighted by molar-refractivity contribution is -0.148. The van der Waals surface area contributed by atoms with Crippen LogP contribution in [0.4, 0.5) is 0 Å². The summed E-state index contributed by atoms with van der Waals surface area (Å²) in [4.78, 5) is 26.9. The first-order valence-electron chi connectivity index (χ1n) is 6.80. The number of rotatable bonds is 3. The first-order valence-corrected chi connectivity index (χ1v) is 6.80. The predicted molar refractivity (Wildman–Crippen MR) is 69.0 cm³/mol. The maximum absolute atomic E-state index is 11.9. The van der Waals surface area contributed by atoms with E-state index >= 15 is 0 Å². The van der Waals surface area contributed by atoms with Crippen LogP contribution in [0.15, 0.2) is 0 Å². The molecule has 0 spiro atoms. The molecule has 0 bridgehead atoms. The zero-order chi connectivity index (χ0) is 13.1. The summed E-state index contributed by atoms with van der Waals surface area (Å²) in [7, 11) is 3.73. The minimum Gasteiger partial charge on any atom is -0.306 e. The maximum Gasteiger partial charge on any atom is 0.246 e. The van der Waals surface area contributed by atoms with Gasteiger partial charge in [0, 0.05) is 13.5 Å². The summed E-state index contributed by atoms with van der Waals surface area (Å²) in [5, 5.41) is 3.34. The van der Waals surface area contributed by atoms with Crippen LogP contribution in [-0.2, 0) is 9.59 Å². The van der Waals surface area contributed by atoms with Gasteiger partial charge in [0.25, 0.3) is 0 Å². The molecule has 5 nitrogen and oxygen atoms in total. The molecule has 102 valence electrons. The van der Waals surface area contributed by atoms with Crippen LogP contribution in [0.1, 0.15) is 25.7 Å². The highest BCUT2D eigenvalue weighted by Gasteiger charge is 2.31. The Kier molecular flexibility index (Phi) is 4.35. The summed E-state index contributed by atoms with van der Waals surface area (Å²) in [6.45, 7) is 3.18. The molecule has 18 heavy (non-hydrogen) atoms. The highest BCUT2D eigenvalue weighted by molar-refractivity contribution is 6.00. The maximum atomic E-state index is 11.9. The molecule has 2 aliphatic rings. The molecule has 0 aromatic carbocycles. The van der Waals surface area contributed by atoms with E-state index in [9.17, 15) is 9.59 Å². The average Bonchev–Trinajstić information content (AvgIpc) is 2.37. The number of likely N-dealkylation sites (N-methyl/N-ethyl adjacent to an activating group) is 1. The largest absolute Gasteiger partial charge is 0.306 e. The Hall–Kier alpha value is -0.940. The molecule has 2 fully saturated rings. The number of carbonyl (C=O) groups is 2. The molecule has 0 aromatic rings. The van der Waals surface area contributed by atoms with E-state index in [1.165, 1.54) is 17.7 Å². The summed E-state index contributed by atoms with van der Waals surface area (Å²) >= 11 is 0. The second-order valence-electron chi connectivity index (χ2n) is 5.54.